The van der Waals surface area contributed by atoms with E-state index in [1.165, 1.54) is 0 Å². The third-order valence-electron chi connectivity index (χ3n) is 4.95. The van der Waals surface area contributed by atoms with Crippen LogP contribution in [0.1, 0.15) is 24.4 Å². The number of rotatable bonds is 4. The summed E-state index contributed by atoms with van der Waals surface area (Å²) in [7, 11) is 5.06. The van der Waals surface area contributed by atoms with Gasteiger partial charge in [-0.1, -0.05) is 30.3 Å². The number of likely N-dealkylation sites (tertiary alicyclic amines) is 1. The van der Waals surface area contributed by atoms with Crippen molar-refractivity contribution in [2.24, 2.45) is 5.92 Å². The Morgan fingerprint density at radius 1 is 1.27 bits per heavy atom. The van der Waals surface area contributed by atoms with E-state index in [9.17, 15) is 9.59 Å². The Labute approximate surface area is 153 Å². The molecule has 2 amide bonds. The molecule has 6 nitrogen and oxygen atoms in total. The number of anilines is 1. The van der Waals surface area contributed by atoms with E-state index in [-0.39, 0.29) is 23.8 Å². The summed E-state index contributed by atoms with van der Waals surface area (Å²) in [6.07, 6.45) is 2.51. The van der Waals surface area contributed by atoms with Gasteiger partial charge in [0.25, 0.3) is 0 Å². The molecular weight excluding hydrogens is 330 g/mol. The van der Waals surface area contributed by atoms with Gasteiger partial charge in [0.15, 0.2) is 0 Å². The monoisotopic (exact) mass is 353 g/mol. The van der Waals surface area contributed by atoms with Crippen LogP contribution in [-0.2, 0) is 9.59 Å². The Hall–Kier alpha value is -2.89. The van der Waals surface area contributed by atoms with Crippen molar-refractivity contribution in [2.75, 3.05) is 26.1 Å². The van der Waals surface area contributed by atoms with Gasteiger partial charge in [-0.2, -0.15) is 0 Å². The summed E-state index contributed by atoms with van der Waals surface area (Å²) in [5.74, 6) is 0.855. The molecule has 1 saturated heterocycles. The summed E-state index contributed by atoms with van der Waals surface area (Å²) in [6.45, 7) is 0. The van der Waals surface area contributed by atoms with Gasteiger partial charge in [-0.3, -0.25) is 14.5 Å². The quantitative estimate of drug-likeness (QED) is 0.848. The highest BCUT2D eigenvalue weighted by atomic mass is 16.5. The zero-order valence-corrected chi connectivity index (χ0v) is 15.3. The number of pyridine rings is 1. The minimum Gasteiger partial charge on any atom is -0.497 e. The first-order chi connectivity index (χ1) is 12.5. The maximum Gasteiger partial charge on any atom is 0.233 e. The number of benzene rings is 1. The zero-order valence-electron chi connectivity index (χ0n) is 15.3. The number of hydrogen-bond acceptors (Lipinski definition) is 4. The van der Waals surface area contributed by atoms with Crippen LogP contribution in [0.2, 0.25) is 0 Å². The smallest absolute Gasteiger partial charge is 0.233 e. The number of carbonyl (C=O) groups excluding carboxylic acids is 2. The van der Waals surface area contributed by atoms with E-state index in [1.807, 2.05) is 30.3 Å². The Kier molecular flexibility index (Phi) is 5.21. The van der Waals surface area contributed by atoms with Crippen molar-refractivity contribution < 1.29 is 14.3 Å². The molecule has 0 N–H and O–H groups in total. The van der Waals surface area contributed by atoms with Gasteiger partial charge in [-0.05, 0) is 18.1 Å². The first-order valence-corrected chi connectivity index (χ1v) is 8.61. The molecule has 0 bridgehead atoms. The number of hydrogen-bond donors (Lipinski definition) is 0. The number of carbonyl (C=O) groups is 2. The Balaban J connectivity index is 1.91. The van der Waals surface area contributed by atoms with Gasteiger partial charge < -0.3 is 9.64 Å². The van der Waals surface area contributed by atoms with Gasteiger partial charge in [0, 0.05) is 32.8 Å². The number of aromatic nitrogens is 1. The fraction of sp³-hybridized carbons (Fsp3) is 0.350. The molecule has 1 aromatic heterocycles. The average Bonchev–Trinajstić information content (AvgIpc) is 2.69. The molecule has 1 fully saturated rings. The Morgan fingerprint density at radius 3 is 2.69 bits per heavy atom. The molecule has 1 aliphatic rings. The van der Waals surface area contributed by atoms with Gasteiger partial charge in [0.05, 0.1) is 19.1 Å². The summed E-state index contributed by atoms with van der Waals surface area (Å²) in [6, 6.07) is 12.9. The van der Waals surface area contributed by atoms with Gasteiger partial charge >= 0.3 is 0 Å². The predicted molar refractivity (Wildman–Crippen MR) is 98.9 cm³/mol. The van der Waals surface area contributed by atoms with Crippen molar-refractivity contribution in [1.29, 1.82) is 0 Å². The van der Waals surface area contributed by atoms with Crippen LogP contribution in [0, 0.1) is 5.92 Å². The normalized spacial score (nSPS) is 20.0. The highest BCUT2D eigenvalue weighted by Gasteiger charge is 2.40. The minimum absolute atomic E-state index is 0.0565. The lowest BCUT2D eigenvalue weighted by molar-refractivity contribution is -0.140. The highest BCUT2D eigenvalue weighted by molar-refractivity contribution is 5.95. The fourth-order valence-corrected chi connectivity index (χ4v) is 3.47. The second-order valence-electron chi connectivity index (χ2n) is 6.46. The molecule has 0 radical (unpaired) electrons. The van der Waals surface area contributed by atoms with Crippen molar-refractivity contribution in [1.82, 2.24) is 9.88 Å². The standard InChI is InChI=1S/C20H23N3O3/c1-22(17-13-15(26-3)11-12-21-17)20(25)16-9-10-18(24)23(2)19(16)14-7-5-4-6-8-14/h4-8,11-13,16,19H,9-10H2,1-3H3. The maximum absolute atomic E-state index is 13.2. The van der Waals surface area contributed by atoms with Gasteiger partial charge in [0.2, 0.25) is 11.8 Å². The largest absolute Gasteiger partial charge is 0.497 e. The predicted octanol–water partition coefficient (Wildman–Crippen LogP) is 2.66. The maximum atomic E-state index is 13.2. The van der Waals surface area contributed by atoms with Crippen LogP contribution in [-0.4, -0.2) is 42.9 Å². The fourth-order valence-electron chi connectivity index (χ4n) is 3.47. The molecule has 0 aliphatic carbocycles. The van der Waals surface area contributed by atoms with Crippen LogP contribution in [0.25, 0.3) is 0 Å². The SMILES string of the molecule is COc1ccnc(N(C)C(=O)C2CCC(=O)N(C)C2c2ccccc2)c1. The summed E-state index contributed by atoms with van der Waals surface area (Å²) in [5.41, 5.74) is 0.966. The molecule has 0 saturated carbocycles. The zero-order chi connectivity index (χ0) is 18.7. The van der Waals surface area contributed by atoms with E-state index in [0.717, 1.165) is 5.56 Å². The van der Waals surface area contributed by atoms with Crippen molar-refractivity contribution >= 4 is 17.6 Å². The third-order valence-corrected chi connectivity index (χ3v) is 4.95. The molecule has 6 heteroatoms. The van der Waals surface area contributed by atoms with Crippen molar-refractivity contribution in [3.05, 3.63) is 54.2 Å². The molecular formula is C20H23N3O3. The van der Waals surface area contributed by atoms with E-state index in [0.29, 0.717) is 24.4 Å². The minimum atomic E-state index is -0.321. The first kappa shape index (κ1) is 17.9. The van der Waals surface area contributed by atoms with E-state index in [4.69, 9.17) is 4.74 Å². The number of nitrogens with zero attached hydrogens (tertiary/aromatic N) is 3. The van der Waals surface area contributed by atoms with Crippen LogP contribution in [0.5, 0.6) is 5.75 Å². The molecule has 2 aromatic rings. The molecule has 1 aromatic carbocycles. The van der Waals surface area contributed by atoms with Crippen LogP contribution in [0.3, 0.4) is 0 Å². The summed E-state index contributed by atoms with van der Waals surface area (Å²) >= 11 is 0. The van der Waals surface area contributed by atoms with Crippen molar-refractivity contribution in [3.8, 4) is 5.75 Å². The lowest BCUT2D eigenvalue weighted by atomic mass is 9.83. The van der Waals surface area contributed by atoms with Crippen LogP contribution >= 0.6 is 0 Å². The first-order valence-electron chi connectivity index (χ1n) is 8.61. The lowest BCUT2D eigenvalue weighted by Gasteiger charge is -2.39. The van der Waals surface area contributed by atoms with Gasteiger partial charge in [-0.25, -0.2) is 4.98 Å². The molecule has 0 spiro atoms. The van der Waals surface area contributed by atoms with Gasteiger partial charge in [-0.15, -0.1) is 0 Å². The van der Waals surface area contributed by atoms with E-state index in [2.05, 4.69) is 4.98 Å². The van der Waals surface area contributed by atoms with E-state index < -0.39 is 0 Å². The molecule has 1 aliphatic heterocycles. The van der Waals surface area contributed by atoms with Gasteiger partial charge in [0.1, 0.15) is 11.6 Å². The van der Waals surface area contributed by atoms with Crippen LogP contribution in [0.15, 0.2) is 48.7 Å². The molecule has 26 heavy (non-hydrogen) atoms. The second kappa shape index (κ2) is 7.56. The lowest BCUT2D eigenvalue weighted by Crippen LogP contribution is -2.47. The summed E-state index contributed by atoms with van der Waals surface area (Å²) < 4.78 is 5.22. The van der Waals surface area contributed by atoms with Crippen LogP contribution in [0.4, 0.5) is 5.82 Å². The second-order valence-corrected chi connectivity index (χ2v) is 6.46. The average molecular weight is 353 g/mol. The number of piperidine rings is 1. The van der Waals surface area contributed by atoms with Crippen LogP contribution < -0.4 is 9.64 Å². The third kappa shape index (κ3) is 3.40. The van der Waals surface area contributed by atoms with Crippen molar-refractivity contribution in [2.45, 2.75) is 18.9 Å². The molecule has 3 rings (SSSR count). The molecule has 136 valence electrons. The Morgan fingerprint density at radius 2 is 2.00 bits per heavy atom. The topological polar surface area (TPSA) is 62.7 Å². The van der Waals surface area contributed by atoms with E-state index >= 15 is 0 Å². The van der Waals surface area contributed by atoms with E-state index in [1.54, 1.807) is 49.3 Å². The highest BCUT2D eigenvalue weighted by Crippen LogP contribution is 2.37. The molecule has 2 heterocycles. The molecule has 2 unspecified atom stereocenters. The Bertz CT molecular complexity index is 794. The summed E-state index contributed by atoms with van der Waals surface area (Å²) in [4.78, 5) is 33.0. The van der Waals surface area contributed by atoms with Crippen molar-refractivity contribution in [3.63, 3.8) is 0 Å². The number of methoxy groups -OCH3 is 1. The summed E-state index contributed by atoms with van der Waals surface area (Å²) in [5, 5.41) is 0. The number of amides is 2. The number of ether oxygens (including phenoxy) is 1. The molecule has 2 atom stereocenters.